The van der Waals surface area contributed by atoms with Crippen molar-refractivity contribution >= 4 is 15.9 Å². The van der Waals surface area contributed by atoms with E-state index in [1.54, 1.807) is 0 Å². The highest BCUT2D eigenvalue weighted by Crippen LogP contribution is 2.36. The van der Waals surface area contributed by atoms with Crippen LogP contribution in [-0.2, 0) is 4.74 Å². The van der Waals surface area contributed by atoms with Crippen LogP contribution in [0.1, 0.15) is 47.0 Å². The highest BCUT2D eigenvalue weighted by molar-refractivity contribution is 9.09. The fraction of sp³-hybridized carbons (Fsp3) is 1.00. The number of halogens is 1. The summed E-state index contributed by atoms with van der Waals surface area (Å²) in [5.74, 6) is 0. The summed E-state index contributed by atoms with van der Waals surface area (Å²) in [5.41, 5.74) is 0.484. The molecule has 0 spiro atoms. The Labute approximate surface area is 90.4 Å². The predicted octanol–water partition coefficient (Wildman–Crippen LogP) is 3.76. The van der Waals surface area contributed by atoms with Crippen molar-refractivity contribution in [2.24, 2.45) is 5.41 Å². The normalized spacial score (nSPS) is 35.3. The molecular weight excluding hydrogens is 228 g/mol. The summed E-state index contributed by atoms with van der Waals surface area (Å²) >= 11 is 3.51. The first-order chi connectivity index (χ1) is 5.85. The SMILES string of the molecule is CC(C)(C)CC1CCC(C)(CBr)O1. The molecule has 13 heavy (non-hydrogen) atoms. The third-order valence-corrected chi connectivity index (χ3v) is 3.76. The Morgan fingerprint density at radius 2 is 2.08 bits per heavy atom. The van der Waals surface area contributed by atoms with Gasteiger partial charge in [-0.05, 0) is 31.6 Å². The zero-order chi connectivity index (χ0) is 10.1. The maximum absolute atomic E-state index is 6.03. The molecule has 0 radical (unpaired) electrons. The van der Waals surface area contributed by atoms with Crippen molar-refractivity contribution in [2.45, 2.75) is 58.7 Å². The average molecular weight is 249 g/mol. The minimum atomic E-state index is 0.0932. The first kappa shape index (κ1) is 11.5. The number of hydrogen-bond donors (Lipinski definition) is 0. The van der Waals surface area contributed by atoms with E-state index >= 15 is 0 Å². The van der Waals surface area contributed by atoms with Crippen LogP contribution in [0.15, 0.2) is 0 Å². The molecule has 1 heterocycles. The lowest BCUT2D eigenvalue weighted by Gasteiger charge is -2.26. The lowest BCUT2D eigenvalue weighted by atomic mass is 9.88. The summed E-state index contributed by atoms with van der Waals surface area (Å²) in [5, 5.41) is 0.959. The van der Waals surface area contributed by atoms with Crippen molar-refractivity contribution in [3.8, 4) is 0 Å². The van der Waals surface area contributed by atoms with E-state index < -0.39 is 0 Å². The number of hydrogen-bond acceptors (Lipinski definition) is 1. The van der Waals surface area contributed by atoms with Crippen molar-refractivity contribution in [3.05, 3.63) is 0 Å². The molecule has 1 saturated heterocycles. The Balaban J connectivity index is 2.42. The monoisotopic (exact) mass is 248 g/mol. The van der Waals surface area contributed by atoms with Crippen LogP contribution in [0.5, 0.6) is 0 Å². The zero-order valence-corrected chi connectivity index (χ0v) is 10.8. The Morgan fingerprint density at radius 3 is 2.46 bits per heavy atom. The second kappa shape index (κ2) is 3.90. The summed E-state index contributed by atoms with van der Waals surface area (Å²) in [6.45, 7) is 9.03. The van der Waals surface area contributed by atoms with Gasteiger partial charge < -0.3 is 4.74 Å². The molecule has 2 heteroatoms. The first-order valence-electron chi connectivity index (χ1n) is 5.08. The molecular formula is C11H21BrO. The Kier molecular flexibility index (Phi) is 3.45. The quantitative estimate of drug-likeness (QED) is 0.677. The standard InChI is InChI=1S/C11H21BrO/c1-10(2,3)7-9-5-6-11(4,8-12)13-9/h9H,5-8H2,1-4H3. The van der Waals surface area contributed by atoms with E-state index in [0.717, 1.165) is 5.33 Å². The highest BCUT2D eigenvalue weighted by atomic mass is 79.9. The number of ether oxygens (including phenoxy) is 1. The van der Waals surface area contributed by atoms with Crippen LogP contribution in [0, 0.1) is 5.41 Å². The third-order valence-electron chi connectivity index (χ3n) is 2.57. The smallest absolute Gasteiger partial charge is 0.0755 e. The summed E-state index contributed by atoms with van der Waals surface area (Å²) in [6.07, 6.45) is 4.07. The second-order valence-electron chi connectivity index (χ2n) is 5.63. The van der Waals surface area contributed by atoms with Crippen LogP contribution in [0.4, 0.5) is 0 Å². The molecule has 0 aliphatic carbocycles. The lowest BCUT2D eigenvalue weighted by Crippen LogP contribution is -2.28. The van der Waals surface area contributed by atoms with Crippen molar-refractivity contribution in [1.29, 1.82) is 0 Å². The molecule has 1 nitrogen and oxygen atoms in total. The Morgan fingerprint density at radius 1 is 1.46 bits per heavy atom. The maximum atomic E-state index is 6.03. The zero-order valence-electron chi connectivity index (χ0n) is 9.19. The van der Waals surface area contributed by atoms with Gasteiger partial charge in [0.1, 0.15) is 0 Å². The molecule has 2 unspecified atom stereocenters. The van der Waals surface area contributed by atoms with Crippen LogP contribution >= 0.6 is 15.9 Å². The molecule has 1 rings (SSSR count). The molecule has 0 aromatic rings. The van der Waals surface area contributed by atoms with E-state index in [0.29, 0.717) is 11.5 Å². The van der Waals surface area contributed by atoms with E-state index in [-0.39, 0.29) is 5.60 Å². The van der Waals surface area contributed by atoms with Gasteiger partial charge in [-0.3, -0.25) is 0 Å². The molecule has 0 aromatic heterocycles. The molecule has 2 atom stereocenters. The minimum absolute atomic E-state index is 0.0932. The topological polar surface area (TPSA) is 9.23 Å². The van der Waals surface area contributed by atoms with Gasteiger partial charge in [0.05, 0.1) is 11.7 Å². The van der Waals surface area contributed by atoms with E-state index in [2.05, 4.69) is 43.6 Å². The van der Waals surface area contributed by atoms with Crippen LogP contribution in [0.3, 0.4) is 0 Å². The molecule has 0 bridgehead atoms. The van der Waals surface area contributed by atoms with Gasteiger partial charge in [0.2, 0.25) is 0 Å². The van der Waals surface area contributed by atoms with Crippen molar-refractivity contribution in [1.82, 2.24) is 0 Å². The summed E-state index contributed by atoms with van der Waals surface area (Å²) in [7, 11) is 0. The molecule has 1 aliphatic rings. The Bertz CT molecular complexity index is 173. The fourth-order valence-corrected chi connectivity index (χ4v) is 2.32. The van der Waals surface area contributed by atoms with Crippen molar-refractivity contribution in [3.63, 3.8) is 0 Å². The molecule has 0 amide bonds. The van der Waals surface area contributed by atoms with Crippen molar-refractivity contribution in [2.75, 3.05) is 5.33 Å². The summed E-state index contributed by atoms with van der Waals surface area (Å²) in [6, 6.07) is 0. The van der Waals surface area contributed by atoms with Gasteiger partial charge in [-0.1, -0.05) is 36.7 Å². The first-order valence-corrected chi connectivity index (χ1v) is 6.21. The van der Waals surface area contributed by atoms with Crippen LogP contribution in [0.2, 0.25) is 0 Å². The molecule has 78 valence electrons. The van der Waals surface area contributed by atoms with Gasteiger partial charge >= 0.3 is 0 Å². The molecule has 0 N–H and O–H groups in total. The minimum Gasteiger partial charge on any atom is -0.371 e. The Hall–Kier alpha value is 0.440. The number of rotatable bonds is 2. The van der Waals surface area contributed by atoms with E-state index in [1.165, 1.54) is 19.3 Å². The predicted molar refractivity (Wildman–Crippen MR) is 60.4 cm³/mol. The van der Waals surface area contributed by atoms with E-state index in [4.69, 9.17) is 4.74 Å². The second-order valence-corrected chi connectivity index (χ2v) is 6.19. The van der Waals surface area contributed by atoms with Gasteiger partial charge in [-0.25, -0.2) is 0 Å². The van der Waals surface area contributed by atoms with Gasteiger partial charge in [0, 0.05) is 5.33 Å². The highest BCUT2D eigenvalue weighted by Gasteiger charge is 2.36. The van der Waals surface area contributed by atoms with Gasteiger partial charge in [-0.2, -0.15) is 0 Å². The third kappa shape index (κ3) is 3.59. The van der Waals surface area contributed by atoms with E-state index in [9.17, 15) is 0 Å². The average Bonchev–Trinajstić information content (AvgIpc) is 2.30. The maximum Gasteiger partial charge on any atom is 0.0755 e. The van der Waals surface area contributed by atoms with Gasteiger partial charge in [-0.15, -0.1) is 0 Å². The molecule has 1 fully saturated rings. The van der Waals surface area contributed by atoms with Gasteiger partial charge in [0.25, 0.3) is 0 Å². The molecule has 1 aliphatic heterocycles. The van der Waals surface area contributed by atoms with Crippen LogP contribution in [0.25, 0.3) is 0 Å². The largest absolute Gasteiger partial charge is 0.371 e. The summed E-state index contributed by atoms with van der Waals surface area (Å²) < 4.78 is 6.03. The molecule has 0 saturated carbocycles. The van der Waals surface area contributed by atoms with Crippen molar-refractivity contribution < 1.29 is 4.74 Å². The van der Waals surface area contributed by atoms with E-state index in [1.807, 2.05) is 0 Å². The summed E-state index contributed by atoms with van der Waals surface area (Å²) in [4.78, 5) is 0. The van der Waals surface area contributed by atoms with Crippen LogP contribution in [-0.4, -0.2) is 17.0 Å². The van der Waals surface area contributed by atoms with Gasteiger partial charge in [0.15, 0.2) is 0 Å². The van der Waals surface area contributed by atoms with Crippen LogP contribution < -0.4 is 0 Å². The lowest BCUT2D eigenvalue weighted by molar-refractivity contribution is -0.0263. The number of alkyl halides is 1. The fourth-order valence-electron chi connectivity index (χ4n) is 1.91. The molecule has 0 aromatic carbocycles.